The lowest BCUT2D eigenvalue weighted by Crippen LogP contribution is -2.15. The number of rotatable bonds is 5. The van der Waals surface area contributed by atoms with Gasteiger partial charge in [-0.05, 0) is 35.9 Å². The van der Waals surface area contributed by atoms with E-state index >= 15 is 0 Å². The highest BCUT2D eigenvalue weighted by Crippen LogP contribution is 2.27. The van der Waals surface area contributed by atoms with E-state index in [1.54, 1.807) is 24.3 Å². The maximum Gasteiger partial charge on any atom is 0.265 e. The smallest absolute Gasteiger partial charge is 0.265 e. The topological polar surface area (TPSA) is 140 Å². The summed E-state index contributed by atoms with van der Waals surface area (Å²) in [5.41, 5.74) is 7.22. The average molecular weight is 384 g/mol. The molecule has 0 aliphatic heterocycles. The van der Waals surface area contributed by atoms with Crippen LogP contribution in [0.2, 0.25) is 0 Å². The van der Waals surface area contributed by atoms with Crippen molar-refractivity contribution < 1.29 is 13.2 Å². The third-order valence-electron chi connectivity index (χ3n) is 3.48. The standard InChI is InChI=1S/C17H16N6O3S/c1-11(24)22-16-8-12(4-6-20-16)13-7-15(17(18)21-9-13)27(25,26)23-14-3-2-5-19-10-14/h2-10,23H,1H3,(H2,18,21)(H,20,22,24). The number of nitrogens with one attached hydrogen (secondary N) is 2. The summed E-state index contributed by atoms with van der Waals surface area (Å²) in [6.45, 7) is 1.37. The van der Waals surface area contributed by atoms with Gasteiger partial charge in [-0.3, -0.25) is 14.5 Å². The number of anilines is 3. The van der Waals surface area contributed by atoms with Gasteiger partial charge in [-0.2, -0.15) is 0 Å². The van der Waals surface area contributed by atoms with Gasteiger partial charge in [0.25, 0.3) is 10.0 Å². The second kappa shape index (κ2) is 7.38. The number of amides is 1. The van der Waals surface area contributed by atoms with E-state index in [-0.39, 0.29) is 16.6 Å². The maximum atomic E-state index is 12.7. The van der Waals surface area contributed by atoms with Crippen LogP contribution in [-0.4, -0.2) is 29.3 Å². The molecule has 3 aromatic rings. The Labute approximate surface area is 155 Å². The van der Waals surface area contributed by atoms with Crippen LogP contribution in [0.25, 0.3) is 11.1 Å². The second-order valence-electron chi connectivity index (χ2n) is 5.57. The molecule has 27 heavy (non-hydrogen) atoms. The van der Waals surface area contributed by atoms with Crippen molar-refractivity contribution in [3.63, 3.8) is 0 Å². The molecule has 3 rings (SSSR count). The molecule has 0 spiro atoms. The van der Waals surface area contributed by atoms with E-state index < -0.39 is 10.0 Å². The molecule has 0 fully saturated rings. The molecule has 0 unspecified atom stereocenters. The zero-order valence-corrected chi connectivity index (χ0v) is 15.1. The molecule has 3 heterocycles. The summed E-state index contributed by atoms with van der Waals surface area (Å²) in [7, 11) is -3.97. The molecule has 4 N–H and O–H groups in total. The van der Waals surface area contributed by atoms with E-state index in [9.17, 15) is 13.2 Å². The summed E-state index contributed by atoms with van der Waals surface area (Å²) in [6, 6.07) is 7.87. The van der Waals surface area contributed by atoms with Crippen molar-refractivity contribution in [2.24, 2.45) is 0 Å². The highest BCUT2D eigenvalue weighted by atomic mass is 32.2. The molecule has 138 valence electrons. The van der Waals surface area contributed by atoms with Gasteiger partial charge in [0.15, 0.2) is 0 Å². The van der Waals surface area contributed by atoms with Gasteiger partial charge >= 0.3 is 0 Å². The van der Waals surface area contributed by atoms with Gasteiger partial charge in [-0.1, -0.05) is 0 Å². The zero-order valence-electron chi connectivity index (χ0n) is 14.2. The summed E-state index contributed by atoms with van der Waals surface area (Å²) >= 11 is 0. The van der Waals surface area contributed by atoms with Gasteiger partial charge in [-0.15, -0.1) is 0 Å². The molecule has 0 aromatic carbocycles. The molecular formula is C17H16N6O3S. The monoisotopic (exact) mass is 384 g/mol. The number of carbonyl (C=O) groups excluding carboxylic acids is 1. The Bertz CT molecular complexity index is 1090. The molecule has 0 bridgehead atoms. The lowest BCUT2D eigenvalue weighted by Gasteiger charge is -2.11. The van der Waals surface area contributed by atoms with Gasteiger partial charge in [0.05, 0.1) is 11.9 Å². The fourth-order valence-electron chi connectivity index (χ4n) is 2.32. The molecule has 0 atom stereocenters. The van der Waals surface area contributed by atoms with E-state index in [1.165, 1.54) is 37.8 Å². The van der Waals surface area contributed by atoms with E-state index in [0.29, 0.717) is 22.6 Å². The van der Waals surface area contributed by atoms with Crippen LogP contribution in [0.3, 0.4) is 0 Å². The Balaban J connectivity index is 1.98. The number of pyridine rings is 3. The molecule has 1 amide bonds. The first-order valence-corrected chi connectivity index (χ1v) is 9.26. The summed E-state index contributed by atoms with van der Waals surface area (Å²) < 4.78 is 27.8. The summed E-state index contributed by atoms with van der Waals surface area (Å²) in [6.07, 6.45) is 5.86. The fourth-order valence-corrected chi connectivity index (χ4v) is 3.47. The van der Waals surface area contributed by atoms with Crippen molar-refractivity contribution in [1.82, 2.24) is 15.0 Å². The average Bonchev–Trinajstić information content (AvgIpc) is 2.62. The minimum Gasteiger partial charge on any atom is -0.383 e. The van der Waals surface area contributed by atoms with Crippen molar-refractivity contribution in [2.75, 3.05) is 15.8 Å². The summed E-state index contributed by atoms with van der Waals surface area (Å²) in [4.78, 5) is 22.9. The lowest BCUT2D eigenvalue weighted by molar-refractivity contribution is -0.114. The first-order chi connectivity index (χ1) is 12.8. The predicted molar refractivity (Wildman–Crippen MR) is 101 cm³/mol. The van der Waals surface area contributed by atoms with Crippen molar-refractivity contribution in [2.45, 2.75) is 11.8 Å². The van der Waals surface area contributed by atoms with Gasteiger partial charge in [-0.25, -0.2) is 18.4 Å². The Kier molecular flexibility index (Phi) is 4.99. The lowest BCUT2D eigenvalue weighted by atomic mass is 10.1. The molecule has 10 heteroatoms. The van der Waals surface area contributed by atoms with Gasteiger partial charge in [0, 0.05) is 31.1 Å². The van der Waals surface area contributed by atoms with Crippen LogP contribution in [0, 0.1) is 0 Å². The Morgan fingerprint density at radius 3 is 2.59 bits per heavy atom. The Morgan fingerprint density at radius 2 is 1.89 bits per heavy atom. The molecular weight excluding hydrogens is 368 g/mol. The van der Waals surface area contributed by atoms with Crippen LogP contribution in [0.5, 0.6) is 0 Å². The van der Waals surface area contributed by atoms with Crippen molar-refractivity contribution in [1.29, 1.82) is 0 Å². The van der Waals surface area contributed by atoms with E-state index in [0.717, 1.165) is 0 Å². The summed E-state index contributed by atoms with van der Waals surface area (Å²) in [5.74, 6) is -0.0555. The van der Waals surface area contributed by atoms with Crippen LogP contribution < -0.4 is 15.8 Å². The van der Waals surface area contributed by atoms with Crippen molar-refractivity contribution in [3.8, 4) is 11.1 Å². The Hall–Kier alpha value is -3.53. The SMILES string of the molecule is CC(=O)Nc1cc(-c2cnc(N)c(S(=O)(=O)Nc3cccnc3)c2)ccn1. The number of nitrogens with zero attached hydrogens (tertiary/aromatic N) is 3. The molecule has 0 aliphatic carbocycles. The van der Waals surface area contributed by atoms with Crippen LogP contribution in [0.1, 0.15) is 6.92 Å². The number of aromatic nitrogens is 3. The first kappa shape index (κ1) is 18.3. The fraction of sp³-hybridized carbons (Fsp3) is 0.0588. The quantitative estimate of drug-likeness (QED) is 0.610. The highest BCUT2D eigenvalue weighted by molar-refractivity contribution is 7.92. The summed E-state index contributed by atoms with van der Waals surface area (Å²) in [5, 5.41) is 2.57. The van der Waals surface area contributed by atoms with Crippen LogP contribution in [0.15, 0.2) is 60.0 Å². The van der Waals surface area contributed by atoms with Crippen molar-refractivity contribution >= 4 is 33.3 Å². The molecule has 0 radical (unpaired) electrons. The van der Waals surface area contributed by atoms with E-state index in [1.807, 2.05) is 0 Å². The number of nitrogen functional groups attached to an aromatic ring is 1. The van der Waals surface area contributed by atoms with Gasteiger partial charge in [0.1, 0.15) is 16.5 Å². The van der Waals surface area contributed by atoms with E-state index in [4.69, 9.17) is 5.73 Å². The Morgan fingerprint density at radius 1 is 1.07 bits per heavy atom. The normalized spacial score (nSPS) is 11.0. The number of hydrogen-bond acceptors (Lipinski definition) is 7. The van der Waals surface area contributed by atoms with Crippen LogP contribution in [-0.2, 0) is 14.8 Å². The molecule has 9 nitrogen and oxygen atoms in total. The number of hydrogen-bond donors (Lipinski definition) is 3. The third kappa shape index (κ3) is 4.36. The number of nitrogens with two attached hydrogens (primary N) is 1. The van der Waals surface area contributed by atoms with Crippen LogP contribution in [0.4, 0.5) is 17.3 Å². The minimum atomic E-state index is -3.97. The van der Waals surface area contributed by atoms with E-state index in [2.05, 4.69) is 25.0 Å². The number of carbonyl (C=O) groups is 1. The van der Waals surface area contributed by atoms with Crippen molar-refractivity contribution in [3.05, 3.63) is 55.1 Å². The third-order valence-corrected chi connectivity index (χ3v) is 4.89. The van der Waals surface area contributed by atoms with Gasteiger partial charge in [0.2, 0.25) is 5.91 Å². The van der Waals surface area contributed by atoms with Crippen LogP contribution >= 0.6 is 0 Å². The molecule has 0 aliphatic rings. The van der Waals surface area contributed by atoms with Gasteiger partial charge < -0.3 is 11.1 Å². The minimum absolute atomic E-state index is 0.133. The first-order valence-electron chi connectivity index (χ1n) is 7.77. The molecule has 3 aromatic heterocycles. The second-order valence-corrected chi connectivity index (χ2v) is 7.22. The molecule has 0 saturated carbocycles. The largest absolute Gasteiger partial charge is 0.383 e. The zero-order chi connectivity index (χ0) is 19.4. The predicted octanol–water partition coefficient (Wildman–Crippen LogP) is 1.88. The maximum absolute atomic E-state index is 12.7. The highest BCUT2D eigenvalue weighted by Gasteiger charge is 2.20. The molecule has 0 saturated heterocycles. The number of sulfonamides is 1.